The third kappa shape index (κ3) is 2.98. The number of aromatic nitrogens is 2. The van der Waals surface area contributed by atoms with Crippen LogP contribution < -0.4 is 0 Å². The Hall–Kier alpha value is -1.89. The maximum Gasteiger partial charge on any atom is 0.335 e. The van der Waals surface area contributed by atoms with Crippen LogP contribution >= 0.6 is 0 Å². The highest BCUT2D eigenvalue weighted by molar-refractivity contribution is 7.90. The zero-order chi connectivity index (χ0) is 14.9. The molecule has 0 spiro atoms. The molecule has 0 saturated carbocycles. The number of carbonyl (C=O) groups is 1. The van der Waals surface area contributed by atoms with Crippen molar-refractivity contribution in [2.75, 3.05) is 12.0 Å². The van der Waals surface area contributed by atoms with Gasteiger partial charge in [-0.2, -0.15) is 0 Å². The van der Waals surface area contributed by atoms with Crippen molar-refractivity contribution >= 4 is 26.8 Å². The van der Waals surface area contributed by atoms with E-state index in [1.54, 1.807) is 10.6 Å². The fourth-order valence-electron chi connectivity index (χ4n) is 2.08. The van der Waals surface area contributed by atoms with Gasteiger partial charge in [0.2, 0.25) is 0 Å². The number of benzene rings is 1. The van der Waals surface area contributed by atoms with E-state index in [2.05, 4.69) is 4.98 Å². The first-order chi connectivity index (χ1) is 9.31. The number of hydrogen-bond donors (Lipinski definition) is 1. The molecule has 1 heterocycles. The minimum absolute atomic E-state index is 0.00274. The molecule has 0 saturated heterocycles. The highest BCUT2D eigenvalue weighted by atomic mass is 32.2. The third-order valence-corrected chi connectivity index (χ3v) is 4.00. The van der Waals surface area contributed by atoms with Gasteiger partial charge in [-0.15, -0.1) is 0 Å². The molecule has 6 nitrogen and oxygen atoms in total. The van der Waals surface area contributed by atoms with Crippen LogP contribution in [-0.4, -0.2) is 41.1 Å². The Balaban J connectivity index is 2.53. The molecule has 1 aromatic heterocycles. The van der Waals surface area contributed by atoms with E-state index in [-0.39, 0.29) is 17.9 Å². The van der Waals surface area contributed by atoms with Gasteiger partial charge in [-0.3, -0.25) is 0 Å². The molecule has 0 aliphatic heterocycles. The van der Waals surface area contributed by atoms with Crippen molar-refractivity contribution in [3.05, 3.63) is 29.6 Å². The highest BCUT2D eigenvalue weighted by Crippen LogP contribution is 2.19. The van der Waals surface area contributed by atoms with Crippen LogP contribution in [-0.2, 0) is 22.8 Å². The van der Waals surface area contributed by atoms with E-state index in [4.69, 9.17) is 5.11 Å². The predicted molar refractivity (Wildman–Crippen MR) is 75.8 cm³/mol. The first-order valence-corrected chi connectivity index (χ1v) is 8.28. The zero-order valence-corrected chi connectivity index (χ0v) is 12.1. The second-order valence-corrected chi connectivity index (χ2v) is 6.93. The fraction of sp³-hybridized carbons (Fsp3) is 0.385. The summed E-state index contributed by atoms with van der Waals surface area (Å²) in [6.45, 7) is 2.21. The Morgan fingerprint density at radius 2 is 2.10 bits per heavy atom. The van der Waals surface area contributed by atoms with Gasteiger partial charge >= 0.3 is 5.97 Å². The first-order valence-electron chi connectivity index (χ1n) is 6.22. The number of nitrogens with zero attached hydrogens (tertiary/aromatic N) is 2. The summed E-state index contributed by atoms with van der Waals surface area (Å²) in [5, 5.41) is 9.03. The van der Waals surface area contributed by atoms with E-state index in [0.717, 1.165) is 5.82 Å². The predicted octanol–water partition coefficient (Wildman–Crippen LogP) is 1.34. The molecule has 0 radical (unpaired) electrons. The molecule has 0 bridgehead atoms. The lowest BCUT2D eigenvalue weighted by atomic mass is 10.2. The number of carboxylic acids is 1. The monoisotopic (exact) mass is 296 g/mol. The lowest BCUT2D eigenvalue weighted by Crippen LogP contribution is -2.13. The minimum atomic E-state index is -3.09. The van der Waals surface area contributed by atoms with Crippen LogP contribution in [0.5, 0.6) is 0 Å². The van der Waals surface area contributed by atoms with E-state index in [1.807, 2.05) is 6.92 Å². The van der Waals surface area contributed by atoms with Crippen molar-refractivity contribution < 1.29 is 18.3 Å². The van der Waals surface area contributed by atoms with Gasteiger partial charge in [0, 0.05) is 19.2 Å². The molecule has 1 aromatic carbocycles. The van der Waals surface area contributed by atoms with Gasteiger partial charge in [0.15, 0.2) is 0 Å². The standard InChI is InChI=1S/C13H16N2O4S/c1-3-12-14-10-5-4-9(13(16)17)8-11(10)15(12)6-7-20(2,18)19/h4-5,8H,3,6-7H2,1-2H3,(H,16,17). The van der Waals surface area contributed by atoms with Gasteiger partial charge in [0.05, 0.1) is 22.3 Å². The Bertz CT molecular complexity index is 762. The SMILES string of the molecule is CCc1nc2ccc(C(=O)O)cc2n1CCS(C)(=O)=O. The second kappa shape index (κ2) is 5.24. The summed E-state index contributed by atoms with van der Waals surface area (Å²) >= 11 is 0. The average Bonchev–Trinajstić information content (AvgIpc) is 2.72. The molecule has 108 valence electrons. The van der Waals surface area contributed by atoms with E-state index < -0.39 is 15.8 Å². The number of rotatable bonds is 5. The Morgan fingerprint density at radius 3 is 2.65 bits per heavy atom. The fourth-order valence-corrected chi connectivity index (χ4v) is 2.60. The van der Waals surface area contributed by atoms with Crippen LogP contribution in [0, 0.1) is 0 Å². The van der Waals surface area contributed by atoms with Gasteiger partial charge < -0.3 is 9.67 Å². The van der Waals surface area contributed by atoms with Crippen molar-refractivity contribution in [3.63, 3.8) is 0 Å². The van der Waals surface area contributed by atoms with Gasteiger partial charge in [0.1, 0.15) is 15.7 Å². The van der Waals surface area contributed by atoms with Crippen molar-refractivity contribution in [3.8, 4) is 0 Å². The van der Waals surface area contributed by atoms with Crippen LogP contribution in [0.15, 0.2) is 18.2 Å². The molecule has 2 aromatic rings. The number of sulfone groups is 1. The first kappa shape index (κ1) is 14.5. The number of carboxylic acid groups (broad SMARTS) is 1. The summed E-state index contributed by atoms with van der Waals surface area (Å²) in [4.78, 5) is 15.4. The summed E-state index contributed by atoms with van der Waals surface area (Å²) in [5.41, 5.74) is 1.51. The summed E-state index contributed by atoms with van der Waals surface area (Å²) in [6.07, 6.45) is 1.83. The lowest BCUT2D eigenvalue weighted by Gasteiger charge is -2.07. The molecule has 7 heteroatoms. The number of hydrogen-bond acceptors (Lipinski definition) is 4. The second-order valence-electron chi connectivity index (χ2n) is 4.67. The smallest absolute Gasteiger partial charge is 0.335 e. The number of aromatic carboxylic acids is 1. The van der Waals surface area contributed by atoms with Gasteiger partial charge in [0.25, 0.3) is 0 Å². The molecule has 0 atom stereocenters. The Labute approximate surface area is 117 Å². The summed E-state index contributed by atoms with van der Waals surface area (Å²) in [5.74, 6) is -0.255. The molecule has 20 heavy (non-hydrogen) atoms. The number of aryl methyl sites for hydroxylation is 2. The molecule has 0 amide bonds. The van der Waals surface area contributed by atoms with Crippen LogP contribution in [0.3, 0.4) is 0 Å². The van der Waals surface area contributed by atoms with Crippen molar-refractivity contribution in [1.29, 1.82) is 0 Å². The van der Waals surface area contributed by atoms with Crippen molar-refractivity contribution in [1.82, 2.24) is 9.55 Å². The molecule has 0 unspecified atom stereocenters. The van der Waals surface area contributed by atoms with Crippen molar-refractivity contribution in [2.45, 2.75) is 19.9 Å². The maximum atomic E-state index is 11.3. The Morgan fingerprint density at radius 1 is 1.40 bits per heavy atom. The van der Waals surface area contributed by atoms with Crippen LogP contribution in [0.1, 0.15) is 23.1 Å². The average molecular weight is 296 g/mol. The largest absolute Gasteiger partial charge is 0.478 e. The van der Waals surface area contributed by atoms with Crippen molar-refractivity contribution in [2.24, 2.45) is 0 Å². The minimum Gasteiger partial charge on any atom is -0.478 e. The Kier molecular flexibility index (Phi) is 3.80. The number of imidazole rings is 1. The van der Waals surface area contributed by atoms with Crippen LogP contribution in [0.25, 0.3) is 11.0 Å². The molecular formula is C13H16N2O4S. The highest BCUT2D eigenvalue weighted by Gasteiger charge is 2.13. The lowest BCUT2D eigenvalue weighted by molar-refractivity contribution is 0.0697. The molecular weight excluding hydrogens is 280 g/mol. The molecule has 0 fully saturated rings. The van der Waals surface area contributed by atoms with E-state index in [9.17, 15) is 13.2 Å². The molecule has 2 rings (SSSR count). The number of fused-ring (bicyclic) bond motifs is 1. The van der Waals surface area contributed by atoms with Crippen LogP contribution in [0.2, 0.25) is 0 Å². The summed E-state index contributed by atoms with van der Waals surface area (Å²) < 4.78 is 24.4. The van der Waals surface area contributed by atoms with E-state index in [1.165, 1.54) is 18.4 Å². The zero-order valence-electron chi connectivity index (χ0n) is 11.3. The van der Waals surface area contributed by atoms with Crippen LogP contribution in [0.4, 0.5) is 0 Å². The van der Waals surface area contributed by atoms with Gasteiger partial charge in [-0.05, 0) is 18.2 Å². The topological polar surface area (TPSA) is 89.3 Å². The molecule has 0 aliphatic carbocycles. The maximum absolute atomic E-state index is 11.3. The van der Waals surface area contributed by atoms with E-state index in [0.29, 0.717) is 17.5 Å². The molecule has 0 aliphatic rings. The quantitative estimate of drug-likeness (QED) is 0.899. The third-order valence-electron chi connectivity index (χ3n) is 3.08. The van der Waals surface area contributed by atoms with Gasteiger partial charge in [-0.25, -0.2) is 18.2 Å². The molecule has 1 N–H and O–H groups in total. The normalized spacial score (nSPS) is 11.9. The van der Waals surface area contributed by atoms with Gasteiger partial charge in [-0.1, -0.05) is 6.92 Å². The summed E-state index contributed by atoms with van der Waals surface area (Å²) in [7, 11) is -3.09. The summed E-state index contributed by atoms with van der Waals surface area (Å²) in [6, 6.07) is 4.68. The van der Waals surface area contributed by atoms with E-state index >= 15 is 0 Å².